The van der Waals surface area contributed by atoms with Crippen LogP contribution in [-0.4, -0.2) is 47.3 Å². The van der Waals surface area contributed by atoms with Crippen molar-refractivity contribution < 1.29 is 15.0 Å². The van der Waals surface area contributed by atoms with E-state index in [1.807, 2.05) is 0 Å². The number of rotatable bonds is 4. The van der Waals surface area contributed by atoms with Crippen molar-refractivity contribution in [3.8, 4) is 0 Å². The molecule has 0 radical (unpaired) electrons. The zero-order valence-electron chi connectivity index (χ0n) is 7.07. The third-order valence-corrected chi connectivity index (χ3v) is 2.25. The van der Waals surface area contributed by atoms with Crippen molar-refractivity contribution in [3.63, 3.8) is 0 Å². The van der Waals surface area contributed by atoms with E-state index < -0.39 is 5.97 Å². The minimum atomic E-state index is -0.693. The predicted octanol–water partition coefficient (Wildman–Crippen LogP) is -0.225. The maximum absolute atomic E-state index is 10.5. The van der Waals surface area contributed by atoms with Crippen molar-refractivity contribution in [1.82, 2.24) is 4.90 Å². The molecule has 12 heavy (non-hydrogen) atoms. The number of carboxylic acid groups (broad SMARTS) is 1. The Balaban J connectivity index is 2.21. The van der Waals surface area contributed by atoms with E-state index in [0.29, 0.717) is 6.54 Å². The van der Waals surface area contributed by atoms with Gasteiger partial charge in [-0.2, -0.15) is 0 Å². The molecular weight excluding hydrogens is 158 g/mol. The van der Waals surface area contributed by atoms with Crippen LogP contribution in [0.25, 0.3) is 0 Å². The molecule has 1 unspecified atom stereocenters. The second-order valence-electron chi connectivity index (χ2n) is 3.20. The molecule has 2 N–H and O–H groups in total. The molecule has 1 aliphatic heterocycles. The fourth-order valence-corrected chi connectivity index (χ4v) is 1.53. The van der Waals surface area contributed by atoms with Gasteiger partial charge in [0.2, 0.25) is 0 Å². The molecule has 1 rings (SSSR count). The molecule has 0 aromatic carbocycles. The largest absolute Gasteiger partial charge is 0.481 e. The van der Waals surface area contributed by atoms with E-state index in [2.05, 4.69) is 4.90 Å². The highest BCUT2D eigenvalue weighted by Gasteiger charge is 2.27. The highest BCUT2D eigenvalue weighted by Crippen LogP contribution is 2.15. The normalized spacial score (nSPS) is 24.6. The molecule has 0 spiro atoms. The minimum Gasteiger partial charge on any atom is -0.481 e. The lowest BCUT2D eigenvalue weighted by molar-refractivity contribution is -0.141. The minimum absolute atomic E-state index is 0.189. The fourth-order valence-electron chi connectivity index (χ4n) is 1.53. The van der Waals surface area contributed by atoms with Gasteiger partial charge < -0.3 is 15.1 Å². The Morgan fingerprint density at radius 2 is 2.33 bits per heavy atom. The summed E-state index contributed by atoms with van der Waals surface area (Å²) in [5, 5.41) is 17.2. The second kappa shape index (κ2) is 4.42. The number of aliphatic carboxylic acids is 1. The molecule has 0 aliphatic carbocycles. The summed E-state index contributed by atoms with van der Waals surface area (Å²) >= 11 is 0. The summed E-state index contributed by atoms with van der Waals surface area (Å²) in [6, 6.07) is 0. The van der Waals surface area contributed by atoms with Crippen LogP contribution in [0.3, 0.4) is 0 Å². The number of likely N-dealkylation sites (tertiary alicyclic amines) is 1. The summed E-state index contributed by atoms with van der Waals surface area (Å²) in [5.74, 6) is -0.884. The zero-order chi connectivity index (χ0) is 8.97. The Kier molecular flexibility index (Phi) is 3.49. The second-order valence-corrected chi connectivity index (χ2v) is 3.20. The van der Waals surface area contributed by atoms with Crippen LogP contribution in [0.2, 0.25) is 0 Å². The first-order chi connectivity index (χ1) is 5.74. The first-order valence-electron chi connectivity index (χ1n) is 4.30. The van der Waals surface area contributed by atoms with Crippen molar-refractivity contribution in [3.05, 3.63) is 0 Å². The topological polar surface area (TPSA) is 60.8 Å². The average molecular weight is 173 g/mol. The Morgan fingerprint density at radius 3 is 2.83 bits per heavy atom. The molecular formula is C8H15NO3. The number of nitrogens with zero attached hydrogens (tertiary/aromatic N) is 1. The summed E-state index contributed by atoms with van der Waals surface area (Å²) in [7, 11) is 0. The van der Waals surface area contributed by atoms with Gasteiger partial charge in [0, 0.05) is 19.7 Å². The Hall–Kier alpha value is -0.610. The Bertz CT molecular complexity index is 160. The van der Waals surface area contributed by atoms with Gasteiger partial charge in [-0.25, -0.2) is 0 Å². The van der Waals surface area contributed by atoms with Crippen LogP contribution in [0.1, 0.15) is 12.8 Å². The lowest BCUT2D eigenvalue weighted by Crippen LogP contribution is -2.24. The number of carbonyl (C=O) groups is 1. The maximum atomic E-state index is 10.5. The number of hydrogen-bond acceptors (Lipinski definition) is 3. The van der Waals surface area contributed by atoms with Crippen LogP contribution in [0.4, 0.5) is 0 Å². The number of aliphatic hydroxyl groups is 1. The lowest BCUT2D eigenvalue weighted by atomic mass is 10.1. The molecule has 0 amide bonds. The van der Waals surface area contributed by atoms with Crippen LogP contribution in [0, 0.1) is 5.92 Å². The standard InChI is InChI=1S/C8H15NO3/c10-5-1-3-9-4-2-7(6-9)8(11)12/h7,10H,1-6H2,(H,11,12). The molecule has 1 fully saturated rings. The van der Waals surface area contributed by atoms with E-state index in [1.165, 1.54) is 0 Å². The van der Waals surface area contributed by atoms with Crippen LogP contribution < -0.4 is 0 Å². The lowest BCUT2D eigenvalue weighted by Gasteiger charge is -2.13. The van der Waals surface area contributed by atoms with Crippen LogP contribution in [0.5, 0.6) is 0 Å². The molecule has 1 aliphatic rings. The van der Waals surface area contributed by atoms with Gasteiger partial charge in [-0.3, -0.25) is 4.79 Å². The van der Waals surface area contributed by atoms with E-state index in [9.17, 15) is 4.79 Å². The summed E-state index contributed by atoms with van der Waals surface area (Å²) in [6.07, 6.45) is 1.49. The summed E-state index contributed by atoms with van der Waals surface area (Å²) < 4.78 is 0. The molecule has 0 aromatic rings. The van der Waals surface area contributed by atoms with Crippen molar-refractivity contribution >= 4 is 5.97 Å². The molecule has 4 nitrogen and oxygen atoms in total. The van der Waals surface area contributed by atoms with Gasteiger partial charge in [0.15, 0.2) is 0 Å². The van der Waals surface area contributed by atoms with E-state index in [0.717, 1.165) is 25.9 Å². The van der Waals surface area contributed by atoms with Gasteiger partial charge >= 0.3 is 5.97 Å². The first kappa shape index (κ1) is 9.48. The van der Waals surface area contributed by atoms with Gasteiger partial charge in [-0.1, -0.05) is 0 Å². The molecule has 70 valence electrons. The number of carboxylic acids is 1. The van der Waals surface area contributed by atoms with Gasteiger partial charge in [0.1, 0.15) is 0 Å². The first-order valence-corrected chi connectivity index (χ1v) is 4.30. The number of aliphatic hydroxyl groups excluding tert-OH is 1. The molecule has 0 saturated carbocycles. The molecule has 1 heterocycles. The summed E-state index contributed by atoms with van der Waals surface area (Å²) in [5.41, 5.74) is 0. The van der Waals surface area contributed by atoms with E-state index in [-0.39, 0.29) is 12.5 Å². The van der Waals surface area contributed by atoms with Gasteiger partial charge in [-0.05, 0) is 19.4 Å². The molecule has 0 bridgehead atoms. The fraction of sp³-hybridized carbons (Fsp3) is 0.875. The van der Waals surface area contributed by atoms with Crippen molar-refractivity contribution in [1.29, 1.82) is 0 Å². The highest BCUT2D eigenvalue weighted by atomic mass is 16.4. The molecule has 4 heteroatoms. The smallest absolute Gasteiger partial charge is 0.307 e. The third kappa shape index (κ3) is 2.46. The van der Waals surface area contributed by atoms with Crippen LogP contribution in [-0.2, 0) is 4.79 Å². The van der Waals surface area contributed by atoms with Gasteiger partial charge in [0.25, 0.3) is 0 Å². The van der Waals surface area contributed by atoms with Crippen molar-refractivity contribution in [2.75, 3.05) is 26.2 Å². The van der Waals surface area contributed by atoms with E-state index in [1.54, 1.807) is 0 Å². The molecule has 0 aromatic heterocycles. The van der Waals surface area contributed by atoms with E-state index in [4.69, 9.17) is 10.2 Å². The number of hydrogen-bond donors (Lipinski definition) is 2. The Morgan fingerprint density at radius 1 is 1.58 bits per heavy atom. The average Bonchev–Trinajstić information content (AvgIpc) is 2.48. The van der Waals surface area contributed by atoms with Crippen LogP contribution in [0.15, 0.2) is 0 Å². The van der Waals surface area contributed by atoms with Crippen LogP contribution >= 0.6 is 0 Å². The van der Waals surface area contributed by atoms with Gasteiger partial charge in [0.05, 0.1) is 5.92 Å². The zero-order valence-corrected chi connectivity index (χ0v) is 7.07. The quantitative estimate of drug-likeness (QED) is 0.616. The molecule has 1 saturated heterocycles. The monoisotopic (exact) mass is 173 g/mol. The summed E-state index contributed by atoms with van der Waals surface area (Å²) in [6.45, 7) is 2.51. The van der Waals surface area contributed by atoms with E-state index >= 15 is 0 Å². The maximum Gasteiger partial charge on any atom is 0.307 e. The van der Waals surface area contributed by atoms with Crippen molar-refractivity contribution in [2.45, 2.75) is 12.8 Å². The molecule has 1 atom stereocenters. The summed E-state index contributed by atoms with van der Waals surface area (Å²) in [4.78, 5) is 12.6. The third-order valence-electron chi connectivity index (χ3n) is 2.25. The Labute approximate surface area is 71.8 Å². The SMILES string of the molecule is O=C(O)C1CCN(CCCO)C1. The van der Waals surface area contributed by atoms with Gasteiger partial charge in [-0.15, -0.1) is 0 Å². The van der Waals surface area contributed by atoms with Crippen molar-refractivity contribution in [2.24, 2.45) is 5.92 Å². The predicted molar refractivity (Wildman–Crippen MR) is 43.9 cm³/mol. The highest BCUT2D eigenvalue weighted by molar-refractivity contribution is 5.70.